The van der Waals surface area contributed by atoms with Crippen LogP contribution in [0.2, 0.25) is 5.02 Å². The number of nitrogens with zero attached hydrogens (tertiary/aromatic N) is 9. The lowest BCUT2D eigenvalue weighted by atomic mass is 9.98. The molecule has 1 amide bonds. The number of benzene rings is 1. The molecular weight excluding hydrogens is 615 g/mol. The third kappa shape index (κ3) is 5.65. The minimum absolute atomic E-state index is 0.0865. The SMILES string of the molecule is C[C@H]1CN(C2CN(C(=O)[C@@](C)(O)C(F)(F)F)C2)CCN1c1cc(C#N)cc(Nc2nc(NC3CC3)n3ncc(C#N)c3n2)c1Cl. The van der Waals surface area contributed by atoms with Gasteiger partial charge < -0.3 is 25.5 Å². The van der Waals surface area contributed by atoms with Crippen molar-refractivity contribution in [3.63, 3.8) is 0 Å². The lowest BCUT2D eigenvalue weighted by Gasteiger charge is -2.51. The highest BCUT2D eigenvalue weighted by Gasteiger charge is 2.58. The van der Waals surface area contributed by atoms with Gasteiger partial charge in [0.2, 0.25) is 17.5 Å². The summed E-state index contributed by atoms with van der Waals surface area (Å²) in [6, 6.07) is 7.53. The van der Waals surface area contributed by atoms with E-state index in [-0.39, 0.29) is 42.7 Å². The highest BCUT2D eigenvalue weighted by Crippen LogP contribution is 2.39. The number of rotatable bonds is 7. The number of amides is 1. The van der Waals surface area contributed by atoms with Gasteiger partial charge >= 0.3 is 6.18 Å². The molecular formula is C28H29ClF3N11O2. The standard InChI is InChI=1S/C28H29ClF3N11O2/c1-15-12-40(19-13-41(14-19)24(44)27(2,45)28(30,31)32)5-6-42(15)21-8-16(9-33)7-20(22(21)29)37-25-38-23-17(10-34)11-35-43(23)26(39-25)36-18-3-4-18/h7-8,11,15,18-19,45H,3-6,12-14H2,1-2H3,(H2,36,37,38,39)/t15-,27+/m0/s1. The molecule has 1 saturated carbocycles. The number of aromatic nitrogens is 4. The molecule has 236 valence electrons. The van der Waals surface area contributed by atoms with Gasteiger partial charge in [-0.05, 0) is 38.8 Å². The fourth-order valence-corrected chi connectivity index (χ4v) is 5.83. The van der Waals surface area contributed by atoms with Crippen LogP contribution in [0.15, 0.2) is 18.3 Å². The van der Waals surface area contributed by atoms with Gasteiger partial charge in [0.25, 0.3) is 5.91 Å². The molecule has 0 unspecified atom stereocenters. The average molecular weight is 644 g/mol. The van der Waals surface area contributed by atoms with E-state index >= 15 is 0 Å². The van der Waals surface area contributed by atoms with E-state index in [1.807, 2.05) is 6.92 Å². The summed E-state index contributed by atoms with van der Waals surface area (Å²) in [6.07, 6.45) is -1.67. The number of piperazine rings is 1. The number of likely N-dealkylation sites (tertiary alicyclic amines) is 1. The predicted octanol–water partition coefficient (Wildman–Crippen LogP) is 2.87. The summed E-state index contributed by atoms with van der Waals surface area (Å²) in [4.78, 5) is 26.5. The van der Waals surface area contributed by atoms with Gasteiger partial charge in [0.05, 0.1) is 34.2 Å². The van der Waals surface area contributed by atoms with Crippen molar-refractivity contribution < 1.29 is 23.1 Å². The number of aliphatic hydroxyl groups is 1. The van der Waals surface area contributed by atoms with Crippen molar-refractivity contribution in [3.8, 4) is 12.1 Å². The Morgan fingerprint density at radius 1 is 1.13 bits per heavy atom. The molecule has 2 saturated heterocycles. The van der Waals surface area contributed by atoms with Crippen LogP contribution in [-0.4, -0.2) is 103 Å². The molecule has 1 aliphatic carbocycles. The summed E-state index contributed by atoms with van der Waals surface area (Å²) in [5, 5.41) is 40.1. The number of carbonyl (C=O) groups excluding carboxylic acids is 1. The number of fused-ring (bicyclic) bond motifs is 1. The monoisotopic (exact) mass is 643 g/mol. The zero-order chi connectivity index (χ0) is 32.3. The Morgan fingerprint density at radius 2 is 1.87 bits per heavy atom. The molecule has 45 heavy (non-hydrogen) atoms. The Morgan fingerprint density at radius 3 is 2.49 bits per heavy atom. The van der Waals surface area contributed by atoms with Crippen LogP contribution in [0.25, 0.3) is 5.65 Å². The van der Waals surface area contributed by atoms with Crippen LogP contribution < -0.4 is 15.5 Å². The van der Waals surface area contributed by atoms with Gasteiger partial charge in [-0.25, -0.2) is 0 Å². The van der Waals surface area contributed by atoms with Gasteiger partial charge in [0, 0.05) is 50.8 Å². The number of halogens is 4. The van der Waals surface area contributed by atoms with E-state index in [0.717, 1.165) is 17.7 Å². The summed E-state index contributed by atoms with van der Waals surface area (Å²) in [6.45, 7) is 4.19. The molecule has 2 atom stereocenters. The van der Waals surface area contributed by atoms with Gasteiger partial charge in [0.15, 0.2) is 5.65 Å². The second-order valence-corrected chi connectivity index (χ2v) is 12.1. The molecule has 3 aromatic rings. The first-order chi connectivity index (χ1) is 21.3. The maximum absolute atomic E-state index is 13.1. The maximum atomic E-state index is 13.1. The van der Waals surface area contributed by atoms with E-state index in [1.54, 1.807) is 12.1 Å². The number of anilines is 4. The topological polar surface area (TPSA) is 162 Å². The molecule has 4 heterocycles. The van der Waals surface area contributed by atoms with E-state index in [0.29, 0.717) is 60.1 Å². The first-order valence-corrected chi connectivity index (χ1v) is 14.7. The lowest BCUT2D eigenvalue weighted by molar-refractivity contribution is -0.252. The van der Waals surface area contributed by atoms with E-state index in [4.69, 9.17) is 11.6 Å². The van der Waals surface area contributed by atoms with Crippen molar-refractivity contribution in [2.24, 2.45) is 0 Å². The number of hydrogen-bond acceptors (Lipinski definition) is 11. The first kappa shape index (κ1) is 30.6. The Labute approximate surface area is 260 Å². The van der Waals surface area contributed by atoms with E-state index in [1.165, 1.54) is 10.7 Å². The summed E-state index contributed by atoms with van der Waals surface area (Å²) in [7, 11) is 0. The highest BCUT2D eigenvalue weighted by atomic mass is 35.5. The molecule has 3 aliphatic rings. The Bertz CT molecular complexity index is 1740. The van der Waals surface area contributed by atoms with Gasteiger partial charge in [-0.1, -0.05) is 11.6 Å². The van der Waals surface area contributed by atoms with E-state index in [9.17, 15) is 33.6 Å². The molecule has 0 bridgehead atoms. The Kier molecular flexibility index (Phi) is 7.63. The number of hydrogen-bond donors (Lipinski definition) is 3. The predicted molar refractivity (Wildman–Crippen MR) is 157 cm³/mol. The molecule has 17 heteroatoms. The summed E-state index contributed by atoms with van der Waals surface area (Å²) >= 11 is 6.92. The normalized spacial score (nSPS) is 20.7. The highest BCUT2D eigenvalue weighted by molar-refractivity contribution is 6.36. The van der Waals surface area contributed by atoms with Crippen LogP contribution >= 0.6 is 11.6 Å². The Hall–Kier alpha value is -4.38. The second-order valence-electron chi connectivity index (χ2n) is 11.8. The van der Waals surface area contributed by atoms with Crippen molar-refractivity contribution in [1.29, 1.82) is 10.5 Å². The number of carbonyl (C=O) groups is 1. The van der Waals surface area contributed by atoms with Crippen LogP contribution in [0.1, 0.15) is 37.8 Å². The third-order valence-electron chi connectivity index (χ3n) is 8.43. The molecule has 0 spiro atoms. The molecule has 1 aromatic carbocycles. The van der Waals surface area contributed by atoms with Crippen LogP contribution in [0.3, 0.4) is 0 Å². The quantitative estimate of drug-likeness (QED) is 0.347. The van der Waals surface area contributed by atoms with Crippen LogP contribution in [0, 0.1) is 22.7 Å². The molecule has 6 rings (SSSR count). The summed E-state index contributed by atoms with van der Waals surface area (Å²) in [5.41, 5.74) is -1.50. The van der Waals surface area contributed by atoms with Gasteiger partial charge in [-0.3, -0.25) is 9.69 Å². The zero-order valence-corrected chi connectivity index (χ0v) is 25.1. The minimum atomic E-state index is -5.06. The fourth-order valence-electron chi connectivity index (χ4n) is 5.57. The minimum Gasteiger partial charge on any atom is -0.373 e. The number of alkyl halides is 3. The number of nitriles is 2. The lowest BCUT2D eigenvalue weighted by Crippen LogP contribution is -2.69. The van der Waals surface area contributed by atoms with Gasteiger partial charge in [-0.2, -0.15) is 43.3 Å². The average Bonchev–Trinajstić information content (AvgIpc) is 3.68. The third-order valence-corrected chi connectivity index (χ3v) is 8.83. The fraction of sp³-hybridized carbons (Fsp3) is 0.500. The smallest absolute Gasteiger partial charge is 0.373 e. The maximum Gasteiger partial charge on any atom is 0.426 e. The van der Waals surface area contributed by atoms with Crippen molar-refractivity contribution >= 4 is 46.4 Å². The van der Waals surface area contributed by atoms with Crippen molar-refractivity contribution in [1.82, 2.24) is 29.4 Å². The van der Waals surface area contributed by atoms with Gasteiger partial charge in [-0.15, -0.1) is 0 Å². The van der Waals surface area contributed by atoms with Crippen LogP contribution in [-0.2, 0) is 4.79 Å². The van der Waals surface area contributed by atoms with E-state index in [2.05, 4.69) is 47.6 Å². The van der Waals surface area contributed by atoms with Crippen molar-refractivity contribution in [2.75, 3.05) is 48.3 Å². The molecule has 2 aliphatic heterocycles. The molecule has 0 radical (unpaired) electrons. The first-order valence-electron chi connectivity index (χ1n) is 14.3. The molecule has 3 fully saturated rings. The zero-order valence-electron chi connectivity index (χ0n) is 24.3. The molecule has 3 N–H and O–H groups in total. The van der Waals surface area contributed by atoms with E-state index < -0.39 is 17.7 Å². The number of nitrogens with one attached hydrogen (secondary N) is 2. The van der Waals surface area contributed by atoms with Gasteiger partial charge in [0.1, 0.15) is 11.6 Å². The van der Waals surface area contributed by atoms with Crippen LogP contribution in [0.4, 0.5) is 36.4 Å². The van der Waals surface area contributed by atoms with Crippen molar-refractivity contribution in [2.45, 2.75) is 56.6 Å². The summed E-state index contributed by atoms with van der Waals surface area (Å²) < 4.78 is 40.8. The molecule has 2 aromatic heterocycles. The van der Waals surface area contributed by atoms with Crippen molar-refractivity contribution in [3.05, 3.63) is 34.5 Å². The molecule has 13 nitrogen and oxygen atoms in total. The summed E-state index contributed by atoms with van der Waals surface area (Å²) in [5.74, 6) is -0.770. The Balaban J connectivity index is 1.19. The van der Waals surface area contributed by atoms with Crippen LogP contribution in [0.5, 0.6) is 0 Å². The second kappa shape index (κ2) is 11.2. The largest absolute Gasteiger partial charge is 0.426 e.